The first kappa shape index (κ1) is 61.1. The van der Waals surface area contributed by atoms with E-state index in [2.05, 4.69) is 65.0 Å². The number of hydrogen-bond donors (Lipinski definition) is 11. The van der Waals surface area contributed by atoms with Crippen LogP contribution in [0, 0.1) is 0 Å². The van der Waals surface area contributed by atoms with Crippen molar-refractivity contribution in [2.24, 2.45) is 10.7 Å². The van der Waals surface area contributed by atoms with Gasteiger partial charge in [-0.2, -0.15) is 4.99 Å². The van der Waals surface area contributed by atoms with Gasteiger partial charge in [0.1, 0.15) is 30.0 Å². The molecule has 8 amide bonds. The third-order valence-electron chi connectivity index (χ3n) is 13.0. The second-order valence-corrected chi connectivity index (χ2v) is 20.2. The quantitative estimate of drug-likeness (QED) is 0.0164. The Morgan fingerprint density at radius 3 is 1.80 bits per heavy atom. The zero-order valence-corrected chi connectivity index (χ0v) is 46.3. The number of aliphatic imine (C=N–C) groups is 1. The third-order valence-corrected chi connectivity index (χ3v) is 13.0. The predicted molar refractivity (Wildman–Crippen MR) is 309 cm³/mol. The fourth-order valence-corrected chi connectivity index (χ4v) is 8.97. The molecule has 81 heavy (non-hydrogen) atoms. The smallest absolute Gasteiger partial charge is 0.408 e. The predicted octanol–water partition coefficient (Wildman–Crippen LogP) is 5.99. The molecule has 0 radical (unpaired) electrons. The van der Waals surface area contributed by atoms with Crippen LogP contribution in [0.15, 0.2) is 132 Å². The molecule has 0 spiro atoms. The standard InChI is InChI=1S/C60H75N11O10/c1-5-51(73)63-34-36-66-57(77)71-56(61)65-31-13-21-49(54(75)68-37-39-23-29-43(72)30-24-39)69-55(76)52(40-15-7-6-8-16-40)41-25-27-42(28-26-41)62-33-35-64-53(74)50(70-59(79)81-60(2,3)4)22-14-32-67-58(78)80-38-48-46-19-11-9-17-44(46)45-18-10-12-20-47(45)48/h6-12,15-20,23-30,48-50,52,62,72H,5,13-14,21-22,31-38H2,1-4H3,(H,63,73)(H,64,74)(H,67,78)(H,68,75)(H,69,76)(H,70,79)(H4,61,65,66,71,77)/t49-,50-,52?/m1/s1. The summed E-state index contributed by atoms with van der Waals surface area (Å²) in [7, 11) is 0. The second kappa shape index (κ2) is 30.9. The number of amides is 8. The molecule has 0 fully saturated rings. The van der Waals surface area contributed by atoms with Crippen LogP contribution in [0.1, 0.15) is 99.5 Å². The molecule has 3 atom stereocenters. The maximum atomic E-state index is 14.4. The van der Waals surface area contributed by atoms with Crippen molar-refractivity contribution < 1.29 is 48.1 Å². The Kier molecular flexibility index (Phi) is 23.3. The summed E-state index contributed by atoms with van der Waals surface area (Å²) in [6.45, 7) is 8.47. The van der Waals surface area contributed by atoms with Gasteiger partial charge in [0.05, 0.1) is 5.92 Å². The number of phenols is 1. The van der Waals surface area contributed by atoms with Crippen molar-refractivity contribution in [1.29, 1.82) is 0 Å². The molecule has 0 bridgehead atoms. The van der Waals surface area contributed by atoms with Gasteiger partial charge in [-0.05, 0) is 110 Å². The second-order valence-electron chi connectivity index (χ2n) is 20.2. The number of rotatable bonds is 27. The van der Waals surface area contributed by atoms with Crippen LogP contribution >= 0.6 is 0 Å². The van der Waals surface area contributed by atoms with Gasteiger partial charge in [0.25, 0.3) is 0 Å². The number of guanidine groups is 1. The highest BCUT2D eigenvalue weighted by molar-refractivity contribution is 5.93. The number of urea groups is 1. The number of fused-ring (bicyclic) bond motifs is 3. The molecule has 0 aromatic heterocycles. The molecule has 5 aromatic rings. The van der Waals surface area contributed by atoms with Crippen molar-refractivity contribution in [1.82, 2.24) is 42.5 Å². The van der Waals surface area contributed by atoms with E-state index in [1.807, 2.05) is 66.7 Å². The van der Waals surface area contributed by atoms with Gasteiger partial charge in [-0.3, -0.25) is 19.2 Å². The number of phenolic OH excluding ortho intramolecular Hbond substituents is 1. The van der Waals surface area contributed by atoms with E-state index in [9.17, 15) is 38.7 Å². The Bertz CT molecular complexity index is 2890. The highest BCUT2D eigenvalue weighted by Gasteiger charge is 2.31. The van der Waals surface area contributed by atoms with Gasteiger partial charge < -0.3 is 68.2 Å². The van der Waals surface area contributed by atoms with Gasteiger partial charge >= 0.3 is 18.2 Å². The van der Waals surface area contributed by atoms with Crippen molar-refractivity contribution >= 4 is 53.5 Å². The maximum absolute atomic E-state index is 14.4. The minimum absolute atomic E-state index is 0.0801. The van der Waals surface area contributed by atoms with Crippen molar-refractivity contribution in [3.8, 4) is 16.9 Å². The van der Waals surface area contributed by atoms with Crippen LogP contribution in [-0.4, -0.2) is 116 Å². The Morgan fingerprint density at radius 1 is 0.593 bits per heavy atom. The van der Waals surface area contributed by atoms with E-state index in [0.717, 1.165) is 27.8 Å². The minimum Gasteiger partial charge on any atom is -0.508 e. The molecule has 430 valence electrons. The van der Waals surface area contributed by atoms with Crippen LogP contribution in [0.25, 0.3) is 11.1 Å². The lowest BCUT2D eigenvalue weighted by atomic mass is 9.90. The lowest BCUT2D eigenvalue weighted by molar-refractivity contribution is -0.129. The number of carbonyl (C=O) groups excluding carboxylic acids is 7. The van der Waals surface area contributed by atoms with E-state index in [0.29, 0.717) is 42.6 Å². The molecule has 1 unspecified atom stereocenters. The van der Waals surface area contributed by atoms with Gasteiger partial charge in [-0.25, -0.2) is 14.4 Å². The van der Waals surface area contributed by atoms with Crippen LogP contribution < -0.4 is 53.6 Å². The van der Waals surface area contributed by atoms with Gasteiger partial charge in [-0.15, -0.1) is 0 Å². The summed E-state index contributed by atoms with van der Waals surface area (Å²) in [5, 5.41) is 35.2. The molecule has 0 aliphatic heterocycles. The van der Waals surface area contributed by atoms with Crippen LogP contribution in [0.4, 0.5) is 20.1 Å². The van der Waals surface area contributed by atoms with Crippen LogP contribution in [-0.2, 0) is 35.2 Å². The summed E-state index contributed by atoms with van der Waals surface area (Å²) in [6, 6.07) is 36.2. The summed E-state index contributed by atoms with van der Waals surface area (Å²) in [5.41, 5.74) is 12.3. The Morgan fingerprint density at radius 2 is 1.16 bits per heavy atom. The number of carbonyl (C=O) groups is 7. The molecular formula is C60H75N11O10. The monoisotopic (exact) mass is 1110 g/mol. The minimum atomic E-state index is -0.997. The maximum Gasteiger partial charge on any atom is 0.408 e. The highest BCUT2D eigenvalue weighted by atomic mass is 16.6. The fraction of sp³-hybridized carbons (Fsp3) is 0.367. The van der Waals surface area contributed by atoms with E-state index in [4.69, 9.17) is 15.2 Å². The molecule has 1 aliphatic carbocycles. The van der Waals surface area contributed by atoms with Crippen molar-refractivity contribution in [3.05, 3.63) is 155 Å². The summed E-state index contributed by atoms with van der Waals surface area (Å²) in [5.74, 6) is -2.45. The number of nitrogens with one attached hydrogen (secondary N) is 9. The molecule has 21 heteroatoms. The zero-order valence-electron chi connectivity index (χ0n) is 46.3. The number of benzene rings is 5. The lowest BCUT2D eigenvalue weighted by Gasteiger charge is -2.24. The van der Waals surface area contributed by atoms with Crippen LogP contribution in [0.2, 0.25) is 0 Å². The summed E-state index contributed by atoms with van der Waals surface area (Å²) in [4.78, 5) is 94.9. The van der Waals surface area contributed by atoms with E-state index in [1.54, 1.807) is 64.1 Å². The average Bonchev–Trinajstić information content (AvgIpc) is 3.95. The van der Waals surface area contributed by atoms with Gasteiger partial charge in [0.2, 0.25) is 23.6 Å². The van der Waals surface area contributed by atoms with E-state index in [1.165, 1.54) is 12.1 Å². The third kappa shape index (κ3) is 19.9. The highest BCUT2D eigenvalue weighted by Crippen LogP contribution is 2.44. The number of anilines is 1. The molecule has 5 aromatic carbocycles. The fourth-order valence-electron chi connectivity index (χ4n) is 8.97. The first-order valence-corrected chi connectivity index (χ1v) is 27.2. The van der Waals surface area contributed by atoms with E-state index in [-0.39, 0.29) is 82.3 Å². The number of aromatic hydroxyl groups is 1. The van der Waals surface area contributed by atoms with Crippen LogP contribution in [0.3, 0.4) is 0 Å². The average molecular weight is 1110 g/mol. The normalized spacial score (nSPS) is 12.9. The van der Waals surface area contributed by atoms with E-state index < -0.39 is 59.5 Å². The Balaban J connectivity index is 1.01. The van der Waals surface area contributed by atoms with Crippen LogP contribution in [0.5, 0.6) is 5.75 Å². The Hall–Kier alpha value is -9.14. The van der Waals surface area contributed by atoms with Crippen molar-refractivity contribution in [2.45, 2.75) is 95.9 Å². The zero-order chi connectivity index (χ0) is 58.2. The van der Waals surface area contributed by atoms with Gasteiger partial charge in [0, 0.05) is 63.8 Å². The first-order valence-electron chi connectivity index (χ1n) is 27.2. The summed E-state index contributed by atoms with van der Waals surface area (Å²) in [6.07, 6.45) is 0.0275. The lowest BCUT2D eigenvalue weighted by Crippen LogP contribution is -2.49. The largest absolute Gasteiger partial charge is 0.508 e. The van der Waals surface area contributed by atoms with E-state index >= 15 is 0 Å². The number of hydrogen-bond acceptors (Lipinski definition) is 11. The first-order chi connectivity index (χ1) is 39.0. The number of ether oxygens (including phenoxy) is 2. The van der Waals surface area contributed by atoms with Gasteiger partial charge in [0.15, 0.2) is 5.96 Å². The van der Waals surface area contributed by atoms with Crippen molar-refractivity contribution in [3.63, 3.8) is 0 Å². The molecular weight excluding hydrogens is 1030 g/mol. The molecule has 0 saturated heterocycles. The molecule has 12 N–H and O–H groups in total. The van der Waals surface area contributed by atoms with Gasteiger partial charge in [-0.1, -0.05) is 110 Å². The number of alkyl carbamates (subject to hydrolysis) is 2. The molecule has 0 saturated carbocycles. The number of nitrogens with two attached hydrogens (primary N) is 1. The molecule has 0 heterocycles. The summed E-state index contributed by atoms with van der Waals surface area (Å²) >= 11 is 0. The molecule has 6 rings (SSSR count). The topological polar surface area (TPSA) is 305 Å². The summed E-state index contributed by atoms with van der Waals surface area (Å²) < 4.78 is 11.1. The van der Waals surface area contributed by atoms with Crippen molar-refractivity contribution in [2.75, 3.05) is 51.2 Å². The number of nitrogens with zero attached hydrogens (tertiary/aromatic N) is 1. The Labute approximate surface area is 472 Å². The molecule has 1 aliphatic rings. The molecule has 21 nitrogen and oxygen atoms in total. The SMILES string of the molecule is CCC(=O)NCCNC(=O)/N=C(/N)NCCC[C@@H](NC(=O)C(c1ccccc1)c1ccc(NCCNC(=O)[C@@H](CCCNC(=O)OCC2c3ccccc3-c3ccccc32)NC(=O)OC(C)(C)C)cc1)C(=O)NCc1ccc(O)cc1.